The van der Waals surface area contributed by atoms with E-state index in [-0.39, 0.29) is 18.3 Å². The minimum atomic E-state index is -0.425. The van der Waals surface area contributed by atoms with Crippen molar-refractivity contribution in [3.63, 3.8) is 0 Å². The Hall–Kier alpha value is -1.10. The molecule has 1 fully saturated rings. The third kappa shape index (κ3) is 3.80. The highest BCUT2D eigenvalue weighted by molar-refractivity contribution is 5.88. The molecule has 0 bridgehead atoms. The number of nitrogens with one attached hydrogen (secondary N) is 1. The molecule has 1 aromatic carbocycles. The number of aryl methyl sites for hydroxylation is 1. The lowest BCUT2D eigenvalue weighted by Gasteiger charge is -2.40. The number of carbonyl (C=O) groups is 1. The molecule has 1 N–H and O–H groups in total. The molecular formula is C17H27ClN2O2. The van der Waals surface area contributed by atoms with Gasteiger partial charge in [-0.15, -0.1) is 12.4 Å². The predicted molar refractivity (Wildman–Crippen MR) is 91.7 cm³/mol. The fourth-order valence-electron chi connectivity index (χ4n) is 3.17. The Morgan fingerprint density at radius 2 is 1.95 bits per heavy atom. The summed E-state index contributed by atoms with van der Waals surface area (Å²) in [4.78, 5) is 15.0. The fourth-order valence-corrected chi connectivity index (χ4v) is 3.17. The second-order valence-corrected chi connectivity index (χ2v) is 5.84. The summed E-state index contributed by atoms with van der Waals surface area (Å²) in [7, 11) is 3.80. The number of ether oxygens (including phenoxy) is 1. The summed E-state index contributed by atoms with van der Waals surface area (Å²) in [6, 6.07) is 8.25. The van der Waals surface area contributed by atoms with Gasteiger partial charge in [-0.2, -0.15) is 0 Å². The van der Waals surface area contributed by atoms with E-state index in [4.69, 9.17) is 4.74 Å². The molecule has 0 saturated carbocycles. The number of halogens is 1. The van der Waals surface area contributed by atoms with E-state index in [9.17, 15) is 4.79 Å². The highest BCUT2D eigenvalue weighted by Crippen LogP contribution is 2.38. The van der Waals surface area contributed by atoms with E-state index < -0.39 is 5.41 Å². The van der Waals surface area contributed by atoms with Gasteiger partial charge in [-0.1, -0.05) is 24.3 Å². The van der Waals surface area contributed by atoms with Gasteiger partial charge in [0.25, 0.3) is 0 Å². The Kier molecular flexibility index (Phi) is 7.33. The molecule has 1 saturated heterocycles. The molecule has 0 radical (unpaired) electrons. The average Bonchev–Trinajstić information content (AvgIpc) is 2.53. The molecule has 2 rings (SSSR count). The van der Waals surface area contributed by atoms with Crippen LogP contribution < -0.4 is 5.32 Å². The van der Waals surface area contributed by atoms with Crippen molar-refractivity contribution in [1.29, 1.82) is 0 Å². The van der Waals surface area contributed by atoms with Crippen LogP contribution in [0, 0.1) is 6.92 Å². The van der Waals surface area contributed by atoms with Crippen LogP contribution in [0.5, 0.6) is 0 Å². The van der Waals surface area contributed by atoms with Crippen molar-refractivity contribution < 1.29 is 9.53 Å². The molecule has 0 atom stereocenters. The van der Waals surface area contributed by atoms with Crippen molar-refractivity contribution in [2.24, 2.45) is 0 Å². The lowest BCUT2D eigenvalue weighted by molar-refractivity contribution is -0.140. The lowest BCUT2D eigenvalue weighted by atomic mass is 9.71. The van der Waals surface area contributed by atoms with Gasteiger partial charge in [0.1, 0.15) is 0 Å². The van der Waals surface area contributed by atoms with Crippen LogP contribution in [0.4, 0.5) is 0 Å². The van der Waals surface area contributed by atoms with Crippen LogP contribution in [0.2, 0.25) is 0 Å². The van der Waals surface area contributed by atoms with E-state index in [1.54, 1.807) is 0 Å². The second-order valence-electron chi connectivity index (χ2n) is 5.84. The van der Waals surface area contributed by atoms with Gasteiger partial charge in [0.15, 0.2) is 0 Å². The van der Waals surface area contributed by atoms with Gasteiger partial charge in [-0.05, 0) is 37.9 Å². The molecule has 0 aromatic heterocycles. The van der Waals surface area contributed by atoms with Crippen LogP contribution >= 0.6 is 12.4 Å². The molecule has 4 nitrogen and oxygen atoms in total. The number of hydrogen-bond donors (Lipinski definition) is 1. The van der Waals surface area contributed by atoms with E-state index in [1.165, 1.54) is 5.56 Å². The smallest absolute Gasteiger partial charge is 0.233 e. The van der Waals surface area contributed by atoms with Gasteiger partial charge in [-0.25, -0.2) is 0 Å². The van der Waals surface area contributed by atoms with E-state index in [0.717, 1.165) is 31.5 Å². The quantitative estimate of drug-likeness (QED) is 0.901. The number of amides is 1. The second kappa shape index (κ2) is 8.51. The normalized spacial score (nSPS) is 16.7. The topological polar surface area (TPSA) is 41.6 Å². The zero-order chi connectivity index (χ0) is 15.3. The van der Waals surface area contributed by atoms with Gasteiger partial charge in [-0.3, -0.25) is 4.79 Å². The SMILES string of the molecule is CNCCN(C)C(=O)C1(c2ccccc2C)CCOCC1.Cl. The zero-order valence-corrected chi connectivity index (χ0v) is 14.5. The van der Waals surface area contributed by atoms with Gasteiger partial charge >= 0.3 is 0 Å². The summed E-state index contributed by atoms with van der Waals surface area (Å²) in [5.74, 6) is 0.218. The number of benzene rings is 1. The number of hydrogen-bond acceptors (Lipinski definition) is 3. The van der Waals surface area contributed by atoms with Crippen LogP contribution in [0.25, 0.3) is 0 Å². The Morgan fingerprint density at radius 3 is 2.55 bits per heavy atom. The summed E-state index contributed by atoms with van der Waals surface area (Å²) in [6.07, 6.45) is 1.53. The molecule has 1 aliphatic rings. The van der Waals surface area contributed by atoms with Crippen LogP contribution in [0.3, 0.4) is 0 Å². The zero-order valence-electron chi connectivity index (χ0n) is 13.7. The maximum Gasteiger partial charge on any atom is 0.233 e. The molecule has 0 spiro atoms. The monoisotopic (exact) mass is 326 g/mol. The summed E-state index contributed by atoms with van der Waals surface area (Å²) in [5, 5.41) is 3.10. The largest absolute Gasteiger partial charge is 0.381 e. The van der Waals surface area contributed by atoms with E-state index in [2.05, 4.69) is 24.4 Å². The molecule has 0 unspecified atom stereocenters. The Labute approximate surface area is 139 Å². The van der Waals surface area contributed by atoms with Crippen LogP contribution in [0.1, 0.15) is 24.0 Å². The minimum Gasteiger partial charge on any atom is -0.381 e. The van der Waals surface area contributed by atoms with Gasteiger partial charge in [0.05, 0.1) is 5.41 Å². The molecule has 1 heterocycles. The first kappa shape index (κ1) is 18.9. The van der Waals surface area contributed by atoms with Gasteiger partial charge < -0.3 is 15.0 Å². The number of nitrogens with zero attached hydrogens (tertiary/aromatic N) is 1. The third-order valence-corrected chi connectivity index (χ3v) is 4.46. The standard InChI is InChI=1S/C17H26N2O2.ClH/c1-14-6-4-5-7-15(14)17(8-12-21-13-9-17)16(20)19(3)11-10-18-2;/h4-7,18H,8-13H2,1-3H3;1H. The number of rotatable bonds is 5. The molecule has 5 heteroatoms. The van der Waals surface area contributed by atoms with Gasteiger partial charge in [0.2, 0.25) is 5.91 Å². The summed E-state index contributed by atoms with van der Waals surface area (Å²) >= 11 is 0. The molecule has 1 aliphatic heterocycles. The van der Waals surface area contributed by atoms with Crippen LogP contribution in [-0.4, -0.2) is 51.2 Å². The maximum atomic E-state index is 13.1. The van der Waals surface area contributed by atoms with Crippen molar-refractivity contribution in [3.8, 4) is 0 Å². The Morgan fingerprint density at radius 1 is 1.32 bits per heavy atom. The highest BCUT2D eigenvalue weighted by Gasteiger charge is 2.43. The first-order valence-corrected chi connectivity index (χ1v) is 7.66. The van der Waals surface area contributed by atoms with Crippen molar-refractivity contribution in [1.82, 2.24) is 10.2 Å². The fraction of sp³-hybridized carbons (Fsp3) is 0.588. The maximum absolute atomic E-state index is 13.1. The number of carbonyl (C=O) groups excluding carboxylic acids is 1. The molecule has 22 heavy (non-hydrogen) atoms. The van der Waals surface area contributed by atoms with E-state index >= 15 is 0 Å². The predicted octanol–water partition coefficient (Wildman–Crippen LogP) is 2.14. The molecule has 124 valence electrons. The van der Waals surface area contributed by atoms with Crippen molar-refractivity contribution in [2.45, 2.75) is 25.2 Å². The average molecular weight is 327 g/mol. The Balaban J connectivity index is 0.00000242. The molecule has 0 aliphatic carbocycles. The van der Waals surface area contributed by atoms with E-state index in [0.29, 0.717) is 13.2 Å². The van der Waals surface area contributed by atoms with Crippen molar-refractivity contribution >= 4 is 18.3 Å². The first-order chi connectivity index (χ1) is 10.1. The van der Waals surface area contributed by atoms with Crippen molar-refractivity contribution in [3.05, 3.63) is 35.4 Å². The van der Waals surface area contributed by atoms with Crippen LogP contribution in [-0.2, 0) is 14.9 Å². The summed E-state index contributed by atoms with van der Waals surface area (Å²) in [5.41, 5.74) is 1.93. The first-order valence-electron chi connectivity index (χ1n) is 7.66. The highest BCUT2D eigenvalue weighted by atomic mass is 35.5. The molecular weight excluding hydrogens is 300 g/mol. The van der Waals surface area contributed by atoms with Gasteiger partial charge in [0, 0.05) is 33.4 Å². The molecule has 1 aromatic rings. The van der Waals surface area contributed by atoms with Crippen molar-refractivity contribution in [2.75, 3.05) is 40.4 Å². The number of likely N-dealkylation sites (N-methyl/N-ethyl adjacent to an activating group) is 2. The molecule has 1 amide bonds. The minimum absolute atomic E-state index is 0. The lowest BCUT2D eigenvalue weighted by Crippen LogP contribution is -2.50. The van der Waals surface area contributed by atoms with Crippen LogP contribution in [0.15, 0.2) is 24.3 Å². The third-order valence-electron chi connectivity index (χ3n) is 4.46. The summed E-state index contributed by atoms with van der Waals surface area (Å²) in [6.45, 7) is 4.93. The Bertz CT molecular complexity index is 487. The summed E-state index contributed by atoms with van der Waals surface area (Å²) < 4.78 is 5.51. The van der Waals surface area contributed by atoms with E-state index in [1.807, 2.05) is 31.1 Å².